The summed E-state index contributed by atoms with van der Waals surface area (Å²) in [5.74, 6) is -0.395. The predicted molar refractivity (Wildman–Crippen MR) is 104 cm³/mol. The molecule has 174 valence electrons. The Morgan fingerprint density at radius 2 is 2.00 bits per heavy atom. The van der Waals surface area contributed by atoms with Gasteiger partial charge in [0.1, 0.15) is 0 Å². The largest absolute Gasteiger partial charge is 0.534 e. The third-order valence-electron chi connectivity index (χ3n) is 8.03. The van der Waals surface area contributed by atoms with Crippen molar-refractivity contribution in [1.29, 1.82) is 0 Å². The third-order valence-corrected chi connectivity index (χ3v) is 8.99. The zero-order chi connectivity index (χ0) is 22.7. The van der Waals surface area contributed by atoms with Crippen molar-refractivity contribution < 1.29 is 40.4 Å². The number of aliphatic hydroxyl groups is 1. The molecule has 0 aromatic heterocycles. The summed E-state index contributed by atoms with van der Waals surface area (Å²) < 4.78 is 72.5. The predicted octanol–water partition coefficient (Wildman–Crippen LogP) is 2.05. The number of nitrogens with zero attached hydrogens (tertiary/aromatic N) is 1. The molecule has 2 heterocycles. The lowest BCUT2D eigenvalue weighted by molar-refractivity contribution is -0.188. The normalized spacial score (nSPS) is 35.9. The SMILES string of the molecule is O=C1CCC2(O)[C@H]3Cc4ccc(OS(=O)(=O)C(F)(F)F)c5c4[C@@]2(CCN3CC2CC2)[C@@H]1O5. The van der Waals surface area contributed by atoms with Gasteiger partial charge in [-0.05, 0) is 56.2 Å². The maximum atomic E-state index is 12.9. The van der Waals surface area contributed by atoms with Gasteiger partial charge in [0.05, 0.1) is 11.0 Å². The van der Waals surface area contributed by atoms with E-state index in [4.69, 9.17) is 4.74 Å². The van der Waals surface area contributed by atoms with Crippen LogP contribution in [0.5, 0.6) is 11.5 Å². The van der Waals surface area contributed by atoms with E-state index >= 15 is 0 Å². The van der Waals surface area contributed by atoms with Gasteiger partial charge in [-0.2, -0.15) is 21.6 Å². The fourth-order valence-corrected chi connectivity index (χ4v) is 6.95. The lowest BCUT2D eigenvalue weighted by Gasteiger charge is -2.62. The van der Waals surface area contributed by atoms with E-state index in [0.717, 1.165) is 31.0 Å². The van der Waals surface area contributed by atoms with Crippen molar-refractivity contribution in [2.75, 3.05) is 13.1 Å². The molecule has 0 amide bonds. The Morgan fingerprint density at radius 1 is 1.25 bits per heavy atom. The molecule has 2 aliphatic heterocycles. The summed E-state index contributed by atoms with van der Waals surface area (Å²) in [5.41, 5.74) is -6.82. The number of halogens is 3. The molecule has 2 bridgehead atoms. The highest BCUT2D eigenvalue weighted by Crippen LogP contribution is 2.65. The average molecular weight is 473 g/mol. The number of likely N-dealkylation sites (tertiary alicyclic amines) is 1. The molecule has 3 aliphatic carbocycles. The Morgan fingerprint density at radius 3 is 2.69 bits per heavy atom. The number of benzene rings is 1. The van der Waals surface area contributed by atoms with E-state index in [2.05, 4.69) is 9.08 Å². The van der Waals surface area contributed by atoms with Gasteiger partial charge >= 0.3 is 15.6 Å². The molecule has 1 aromatic rings. The first-order valence-electron chi connectivity index (χ1n) is 10.8. The van der Waals surface area contributed by atoms with Crippen molar-refractivity contribution in [2.24, 2.45) is 5.92 Å². The summed E-state index contributed by atoms with van der Waals surface area (Å²) in [6.45, 7) is 1.50. The summed E-state index contributed by atoms with van der Waals surface area (Å²) in [6, 6.07) is 2.46. The minimum atomic E-state index is -5.92. The van der Waals surface area contributed by atoms with Crippen molar-refractivity contribution in [2.45, 2.75) is 67.2 Å². The molecule has 11 heteroatoms. The number of carbonyl (C=O) groups excluding carboxylic acids is 1. The third kappa shape index (κ3) is 2.50. The van der Waals surface area contributed by atoms with Crippen molar-refractivity contribution in [3.05, 3.63) is 23.3 Å². The van der Waals surface area contributed by atoms with E-state index in [1.54, 1.807) is 6.07 Å². The molecule has 1 unspecified atom stereocenters. The zero-order valence-electron chi connectivity index (χ0n) is 17.0. The number of ether oxygens (including phenoxy) is 1. The summed E-state index contributed by atoms with van der Waals surface area (Å²) in [6.07, 6.45) is 2.43. The van der Waals surface area contributed by atoms with E-state index in [1.165, 1.54) is 0 Å². The van der Waals surface area contributed by atoms with Gasteiger partial charge in [-0.15, -0.1) is 0 Å². The Balaban J connectivity index is 1.50. The summed E-state index contributed by atoms with van der Waals surface area (Å²) >= 11 is 0. The highest BCUT2D eigenvalue weighted by atomic mass is 32.2. The average Bonchev–Trinajstić information content (AvgIpc) is 3.44. The van der Waals surface area contributed by atoms with Crippen LogP contribution >= 0.6 is 0 Å². The lowest BCUT2D eigenvalue weighted by atomic mass is 9.49. The van der Waals surface area contributed by atoms with Gasteiger partial charge in [-0.3, -0.25) is 9.69 Å². The summed E-state index contributed by atoms with van der Waals surface area (Å²) in [7, 11) is -5.92. The first-order valence-corrected chi connectivity index (χ1v) is 12.2. The Kier molecular flexibility index (Phi) is 4.00. The standard InChI is InChI=1S/C21H22F3NO6S/c22-21(23,24)32(28,29)31-14-4-3-12-9-15-20(27)6-5-13(26)18-19(20,16(12)17(14)30-18)7-8-25(15)10-11-1-2-11/h3-4,11,15,18,27H,1-2,5-10H2/t15-,18-,19+,20?/m1/s1. The second-order valence-electron chi connectivity index (χ2n) is 9.68. The summed E-state index contributed by atoms with van der Waals surface area (Å²) in [4.78, 5) is 15.2. The molecule has 1 saturated heterocycles. The van der Waals surface area contributed by atoms with E-state index < -0.39 is 38.5 Å². The molecule has 3 fully saturated rings. The van der Waals surface area contributed by atoms with Crippen LogP contribution in [0.4, 0.5) is 13.2 Å². The number of Topliss-reactive ketones (excluding diaryl/α,β-unsaturated/α-hetero) is 1. The molecule has 1 spiro atoms. The van der Waals surface area contributed by atoms with Gasteiger partial charge in [0, 0.05) is 24.6 Å². The van der Waals surface area contributed by atoms with Crippen LogP contribution in [0.2, 0.25) is 0 Å². The lowest BCUT2D eigenvalue weighted by Crippen LogP contribution is -2.76. The Bertz CT molecular complexity index is 1130. The van der Waals surface area contributed by atoms with Gasteiger partial charge in [0.15, 0.2) is 23.4 Å². The molecule has 2 saturated carbocycles. The van der Waals surface area contributed by atoms with Crippen LogP contribution in [-0.4, -0.2) is 60.6 Å². The molecule has 5 aliphatic rings. The van der Waals surface area contributed by atoms with Crippen molar-refractivity contribution in [3.63, 3.8) is 0 Å². The number of rotatable bonds is 4. The highest BCUT2D eigenvalue weighted by Gasteiger charge is 2.73. The van der Waals surface area contributed by atoms with Gasteiger partial charge < -0.3 is 14.0 Å². The molecular weight excluding hydrogens is 451 g/mol. The maximum absolute atomic E-state index is 12.9. The smallest absolute Gasteiger partial charge is 0.477 e. The second-order valence-corrected chi connectivity index (χ2v) is 11.2. The van der Waals surface area contributed by atoms with Crippen LogP contribution in [0.15, 0.2) is 12.1 Å². The monoisotopic (exact) mass is 473 g/mol. The fraction of sp³-hybridized carbons (Fsp3) is 0.667. The van der Waals surface area contributed by atoms with Gasteiger partial charge in [0.2, 0.25) is 0 Å². The van der Waals surface area contributed by atoms with Crippen LogP contribution in [0, 0.1) is 5.92 Å². The van der Waals surface area contributed by atoms with Crippen LogP contribution in [0.1, 0.15) is 43.2 Å². The van der Waals surface area contributed by atoms with Crippen LogP contribution in [0.3, 0.4) is 0 Å². The fourth-order valence-electron chi connectivity index (χ4n) is 6.48. The van der Waals surface area contributed by atoms with Crippen molar-refractivity contribution >= 4 is 15.9 Å². The van der Waals surface area contributed by atoms with Crippen molar-refractivity contribution in [1.82, 2.24) is 4.90 Å². The molecule has 7 nitrogen and oxygen atoms in total. The van der Waals surface area contributed by atoms with E-state index in [0.29, 0.717) is 30.9 Å². The molecule has 6 rings (SSSR count). The minimum absolute atomic E-state index is 0.0943. The van der Waals surface area contributed by atoms with E-state index in [9.17, 15) is 31.5 Å². The van der Waals surface area contributed by atoms with Crippen LogP contribution < -0.4 is 8.92 Å². The van der Waals surface area contributed by atoms with E-state index in [1.807, 2.05) is 0 Å². The van der Waals surface area contributed by atoms with Gasteiger partial charge in [0.25, 0.3) is 0 Å². The number of alkyl halides is 3. The number of ketones is 1. The number of piperidine rings is 1. The number of hydrogen-bond donors (Lipinski definition) is 1. The van der Waals surface area contributed by atoms with Gasteiger partial charge in [-0.25, -0.2) is 0 Å². The molecule has 1 N–H and O–H groups in total. The van der Waals surface area contributed by atoms with E-state index in [-0.39, 0.29) is 30.4 Å². The number of carbonyl (C=O) groups is 1. The Hall–Kier alpha value is -1.85. The molecule has 1 aromatic carbocycles. The highest BCUT2D eigenvalue weighted by molar-refractivity contribution is 7.88. The summed E-state index contributed by atoms with van der Waals surface area (Å²) in [5, 5.41) is 12.1. The zero-order valence-corrected chi connectivity index (χ0v) is 17.8. The molecule has 0 radical (unpaired) electrons. The molecule has 4 atom stereocenters. The van der Waals surface area contributed by atoms with Crippen molar-refractivity contribution in [3.8, 4) is 11.5 Å². The quantitative estimate of drug-likeness (QED) is 0.529. The Labute approximate surface area is 182 Å². The van der Waals surface area contributed by atoms with Gasteiger partial charge in [-0.1, -0.05) is 6.07 Å². The van der Waals surface area contributed by atoms with Crippen LogP contribution in [-0.2, 0) is 26.7 Å². The first kappa shape index (κ1) is 20.7. The maximum Gasteiger partial charge on any atom is 0.534 e. The number of hydrogen-bond acceptors (Lipinski definition) is 7. The second kappa shape index (κ2) is 6.18. The van der Waals surface area contributed by atoms with Crippen LogP contribution in [0.25, 0.3) is 0 Å². The topological polar surface area (TPSA) is 93.1 Å². The first-order chi connectivity index (χ1) is 15.0. The molecular formula is C21H22F3NO6S. The minimum Gasteiger partial charge on any atom is -0.477 e. The molecule has 32 heavy (non-hydrogen) atoms.